The zero-order valence-electron chi connectivity index (χ0n) is 22.6. The summed E-state index contributed by atoms with van der Waals surface area (Å²) in [4.78, 5) is 5.01. The Labute approximate surface area is 218 Å². The number of methoxy groups -OCH3 is 1. The average Bonchev–Trinajstić information content (AvgIpc) is 2.90. The molecule has 2 aromatic carbocycles. The van der Waals surface area contributed by atoms with Gasteiger partial charge in [-0.3, -0.25) is 4.90 Å². The van der Waals surface area contributed by atoms with Crippen molar-refractivity contribution in [3.05, 3.63) is 88.7 Å². The first-order chi connectivity index (χ1) is 17.5. The molecule has 0 aliphatic heterocycles. The summed E-state index contributed by atoms with van der Waals surface area (Å²) >= 11 is 0. The van der Waals surface area contributed by atoms with Crippen LogP contribution in [0.5, 0.6) is 5.75 Å². The van der Waals surface area contributed by atoms with E-state index in [1.807, 2.05) is 12.1 Å². The van der Waals surface area contributed by atoms with Crippen LogP contribution in [0.2, 0.25) is 0 Å². The first-order valence-electron chi connectivity index (χ1n) is 13.8. The Morgan fingerprint density at radius 3 is 2.50 bits per heavy atom. The lowest BCUT2D eigenvalue weighted by Gasteiger charge is -2.41. The van der Waals surface area contributed by atoms with E-state index < -0.39 is 0 Å². The molecule has 0 heterocycles. The molecule has 0 bridgehead atoms. The van der Waals surface area contributed by atoms with E-state index in [0.29, 0.717) is 23.6 Å². The highest BCUT2D eigenvalue weighted by atomic mass is 16.5. The molecule has 0 saturated carbocycles. The number of hydrogen-bond donors (Lipinski definition) is 1. The quantitative estimate of drug-likeness (QED) is 0.422. The van der Waals surface area contributed by atoms with Crippen LogP contribution in [0.4, 0.5) is 0 Å². The predicted molar refractivity (Wildman–Crippen MR) is 149 cm³/mol. The van der Waals surface area contributed by atoms with Crippen molar-refractivity contribution < 1.29 is 9.84 Å². The van der Waals surface area contributed by atoms with Gasteiger partial charge in [0.15, 0.2) is 0 Å². The molecule has 0 radical (unpaired) electrons. The molecule has 0 amide bonds. The molecule has 4 nitrogen and oxygen atoms in total. The highest BCUT2D eigenvalue weighted by molar-refractivity contribution is 5.37. The predicted octanol–water partition coefficient (Wildman–Crippen LogP) is 5.99. The summed E-state index contributed by atoms with van der Waals surface area (Å²) in [6.07, 6.45) is 12.4. The van der Waals surface area contributed by atoms with E-state index in [2.05, 4.69) is 79.3 Å². The van der Waals surface area contributed by atoms with E-state index in [1.165, 1.54) is 28.7 Å². The van der Waals surface area contributed by atoms with Crippen molar-refractivity contribution in [2.24, 2.45) is 11.8 Å². The first-order valence-corrected chi connectivity index (χ1v) is 13.8. The number of aryl methyl sites for hydroxylation is 1. The third kappa shape index (κ3) is 6.60. The van der Waals surface area contributed by atoms with Gasteiger partial charge in [0, 0.05) is 19.1 Å². The number of rotatable bonds is 11. The van der Waals surface area contributed by atoms with Crippen LogP contribution in [0.1, 0.15) is 48.9 Å². The van der Waals surface area contributed by atoms with Crippen LogP contribution in [0, 0.1) is 11.8 Å². The molecule has 4 heteroatoms. The molecule has 4 rings (SSSR count). The molecule has 0 saturated heterocycles. The van der Waals surface area contributed by atoms with Gasteiger partial charge in [0.05, 0.1) is 7.11 Å². The summed E-state index contributed by atoms with van der Waals surface area (Å²) in [5.41, 5.74) is 5.48. The highest BCUT2D eigenvalue weighted by Crippen LogP contribution is 2.38. The zero-order chi connectivity index (χ0) is 25.5. The number of phenolic OH excluding ortho intramolecular Hbond substituents is 1. The third-order valence-electron chi connectivity index (χ3n) is 8.07. The minimum absolute atomic E-state index is 0.306. The van der Waals surface area contributed by atoms with Crippen LogP contribution in [0.25, 0.3) is 0 Å². The Bertz CT molecular complexity index is 1040. The minimum atomic E-state index is 0.306. The van der Waals surface area contributed by atoms with Gasteiger partial charge < -0.3 is 14.7 Å². The maximum atomic E-state index is 9.90. The fourth-order valence-corrected chi connectivity index (χ4v) is 5.96. The van der Waals surface area contributed by atoms with E-state index in [0.717, 1.165) is 57.6 Å². The van der Waals surface area contributed by atoms with Gasteiger partial charge in [-0.2, -0.15) is 0 Å². The number of ether oxygens (including phenoxy) is 1. The maximum Gasteiger partial charge on any atom is 0.116 e. The highest BCUT2D eigenvalue weighted by Gasteiger charge is 2.34. The fraction of sp³-hybridized carbons (Fsp3) is 0.500. The lowest BCUT2D eigenvalue weighted by molar-refractivity contribution is 0.147. The second-order valence-corrected chi connectivity index (χ2v) is 10.6. The van der Waals surface area contributed by atoms with Gasteiger partial charge in [-0.1, -0.05) is 50.3 Å². The van der Waals surface area contributed by atoms with Crippen molar-refractivity contribution in [2.45, 2.75) is 58.5 Å². The number of fused-ring (bicyclic) bond motifs is 1. The van der Waals surface area contributed by atoms with Gasteiger partial charge in [-0.15, -0.1) is 0 Å². The molecule has 2 unspecified atom stereocenters. The van der Waals surface area contributed by atoms with Gasteiger partial charge in [0.25, 0.3) is 0 Å². The van der Waals surface area contributed by atoms with Gasteiger partial charge in [0.2, 0.25) is 0 Å². The molecular formula is C32H44N2O2. The van der Waals surface area contributed by atoms with E-state index in [9.17, 15) is 5.11 Å². The van der Waals surface area contributed by atoms with Crippen LogP contribution in [0.3, 0.4) is 0 Å². The molecule has 194 valence electrons. The number of aromatic hydroxyl groups is 1. The number of nitrogens with zero attached hydrogens (tertiary/aromatic N) is 2. The van der Waals surface area contributed by atoms with Gasteiger partial charge >= 0.3 is 0 Å². The van der Waals surface area contributed by atoms with Crippen molar-refractivity contribution in [2.75, 3.05) is 33.8 Å². The Balaban J connectivity index is 1.46. The average molecular weight is 489 g/mol. The second kappa shape index (κ2) is 12.6. The molecule has 2 aliphatic carbocycles. The van der Waals surface area contributed by atoms with E-state index in [-0.39, 0.29) is 0 Å². The molecular weight excluding hydrogens is 444 g/mol. The summed E-state index contributed by atoms with van der Waals surface area (Å²) in [6, 6.07) is 15.5. The van der Waals surface area contributed by atoms with E-state index in [1.54, 1.807) is 7.11 Å². The Hall–Kier alpha value is -2.56. The number of phenols is 1. The molecule has 36 heavy (non-hydrogen) atoms. The van der Waals surface area contributed by atoms with Crippen LogP contribution in [0.15, 0.2) is 66.5 Å². The monoisotopic (exact) mass is 488 g/mol. The summed E-state index contributed by atoms with van der Waals surface area (Å²) in [5.74, 6) is 2.36. The van der Waals surface area contributed by atoms with Crippen LogP contribution in [-0.2, 0) is 30.5 Å². The van der Waals surface area contributed by atoms with E-state index >= 15 is 0 Å². The second-order valence-electron chi connectivity index (χ2n) is 10.6. The normalized spacial score (nSPS) is 21.5. The van der Waals surface area contributed by atoms with Crippen LogP contribution < -0.4 is 0 Å². The summed E-state index contributed by atoms with van der Waals surface area (Å²) < 4.78 is 5.67. The van der Waals surface area contributed by atoms with E-state index in [4.69, 9.17) is 4.74 Å². The number of benzene rings is 2. The summed E-state index contributed by atoms with van der Waals surface area (Å²) in [7, 11) is 3.98. The summed E-state index contributed by atoms with van der Waals surface area (Å²) in [5, 5.41) is 9.90. The lowest BCUT2D eigenvalue weighted by atomic mass is 9.72. The zero-order valence-corrected chi connectivity index (χ0v) is 22.6. The Kier molecular flexibility index (Phi) is 9.28. The number of allylic oxidation sites excluding steroid dienone is 1. The van der Waals surface area contributed by atoms with Crippen LogP contribution in [-0.4, -0.2) is 54.7 Å². The van der Waals surface area contributed by atoms with Crippen molar-refractivity contribution >= 4 is 0 Å². The molecule has 0 fully saturated rings. The lowest BCUT2D eigenvalue weighted by Crippen LogP contribution is -2.43. The van der Waals surface area contributed by atoms with Crippen molar-refractivity contribution in [1.29, 1.82) is 0 Å². The van der Waals surface area contributed by atoms with Gasteiger partial charge in [-0.25, -0.2) is 0 Å². The summed E-state index contributed by atoms with van der Waals surface area (Å²) in [6.45, 7) is 8.70. The Morgan fingerprint density at radius 2 is 1.78 bits per heavy atom. The molecule has 1 N–H and O–H groups in total. The Morgan fingerprint density at radius 1 is 1.00 bits per heavy atom. The van der Waals surface area contributed by atoms with Gasteiger partial charge in [0.1, 0.15) is 11.5 Å². The molecule has 0 spiro atoms. The standard InChI is InChI=1S/C32H44N2O2/c1-5-18-33(3)19-17-24-7-9-25(10-8-24)23-34(6-2)32-22-30(36-4)15-16-31(32)28-12-11-27-21-29(35)14-13-26(27)20-28/h7-10,13-16,21-22,28,31-32,35H,5-6,11-12,17-20,23H2,1-4H3/t28-,31?,32?/m1/s1. The van der Waals surface area contributed by atoms with Crippen molar-refractivity contribution in [1.82, 2.24) is 9.80 Å². The van der Waals surface area contributed by atoms with Crippen molar-refractivity contribution in [3.8, 4) is 5.75 Å². The molecule has 0 aromatic heterocycles. The van der Waals surface area contributed by atoms with Crippen LogP contribution >= 0.6 is 0 Å². The van der Waals surface area contributed by atoms with Gasteiger partial charge in [-0.05, 0) is 111 Å². The number of likely N-dealkylation sites (N-methyl/N-ethyl adjacent to an activating group) is 2. The van der Waals surface area contributed by atoms with Crippen molar-refractivity contribution in [3.63, 3.8) is 0 Å². The smallest absolute Gasteiger partial charge is 0.116 e. The SMILES string of the molecule is CCCN(C)CCc1ccc(CN(CC)C2C=C(OC)C=CC2[C@@H]2CCc3cc(O)ccc3C2)cc1. The first kappa shape index (κ1) is 26.5. The molecule has 2 aliphatic rings. The molecule has 2 aromatic rings. The largest absolute Gasteiger partial charge is 0.508 e. The maximum absolute atomic E-state index is 9.90. The topological polar surface area (TPSA) is 35.9 Å². The fourth-order valence-electron chi connectivity index (χ4n) is 5.96. The number of hydrogen-bond acceptors (Lipinski definition) is 4. The minimum Gasteiger partial charge on any atom is -0.508 e. The third-order valence-corrected chi connectivity index (χ3v) is 8.07. The molecule has 3 atom stereocenters.